The highest BCUT2D eigenvalue weighted by molar-refractivity contribution is 7.12. The van der Waals surface area contributed by atoms with Gasteiger partial charge in [0.15, 0.2) is 0 Å². The number of hydrogen-bond donors (Lipinski definition) is 1. The van der Waals surface area contributed by atoms with Crippen molar-refractivity contribution in [2.24, 2.45) is 5.92 Å². The smallest absolute Gasteiger partial charge is 0.261 e. The van der Waals surface area contributed by atoms with Crippen LogP contribution in [0.1, 0.15) is 28.1 Å². The number of likely N-dealkylation sites (tertiary alicyclic amines) is 1. The summed E-state index contributed by atoms with van der Waals surface area (Å²) in [5, 5.41) is 5.02. The van der Waals surface area contributed by atoms with E-state index in [0.717, 1.165) is 36.8 Å². The third-order valence-corrected chi connectivity index (χ3v) is 5.35. The third kappa shape index (κ3) is 4.36. The minimum Gasteiger partial charge on any atom is -0.496 e. The molecule has 128 valence electrons. The van der Waals surface area contributed by atoms with Crippen molar-refractivity contribution < 1.29 is 9.53 Å². The molecule has 0 bridgehead atoms. The number of ether oxygens (including phenoxy) is 1. The standard InChI is InChI=1S/C19H24N2O2S/c1-23-17-8-3-2-7-16(17)14-21-10-4-6-15(13-21)12-20-19(22)18-9-5-11-24-18/h2-3,5,7-9,11,15H,4,6,10,12-14H2,1H3,(H,20,22)/t15-/m1/s1. The van der Waals surface area contributed by atoms with Crippen molar-refractivity contribution in [3.8, 4) is 5.75 Å². The van der Waals surface area contributed by atoms with E-state index < -0.39 is 0 Å². The van der Waals surface area contributed by atoms with Crippen LogP contribution in [0.2, 0.25) is 0 Å². The molecule has 1 aromatic heterocycles. The summed E-state index contributed by atoms with van der Waals surface area (Å²) in [5.74, 6) is 1.51. The first-order valence-corrected chi connectivity index (χ1v) is 9.30. The molecule has 1 aromatic carbocycles. The van der Waals surface area contributed by atoms with Crippen LogP contribution < -0.4 is 10.1 Å². The van der Waals surface area contributed by atoms with Crippen LogP contribution in [0.5, 0.6) is 5.75 Å². The Labute approximate surface area is 147 Å². The molecule has 1 aliphatic heterocycles. The van der Waals surface area contributed by atoms with Crippen LogP contribution in [0.15, 0.2) is 41.8 Å². The maximum Gasteiger partial charge on any atom is 0.261 e. The lowest BCUT2D eigenvalue weighted by Gasteiger charge is -2.33. The van der Waals surface area contributed by atoms with Gasteiger partial charge in [0, 0.05) is 25.2 Å². The molecule has 4 nitrogen and oxygen atoms in total. The number of hydrogen-bond acceptors (Lipinski definition) is 4. The van der Waals surface area contributed by atoms with Gasteiger partial charge < -0.3 is 10.1 Å². The number of piperidine rings is 1. The molecule has 1 aliphatic rings. The summed E-state index contributed by atoms with van der Waals surface area (Å²) in [5.41, 5.74) is 1.23. The minimum absolute atomic E-state index is 0.0480. The summed E-state index contributed by atoms with van der Waals surface area (Å²) in [4.78, 5) is 15.3. The first-order valence-electron chi connectivity index (χ1n) is 8.42. The predicted octanol–water partition coefficient (Wildman–Crippen LogP) is 3.40. The second-order valence-corrected chi connectivity index (χ2v) is 7.19. The Bertz CT molecular complexity index is 657. The van der Waals surface area contributed by atoms with E-state index in [1.807, 2.05) is 29.6 Å². The van der Waals surface area contributed by atoms with Crippen LogP contribution in [-0.4, -0.2) is 37.6 Å². The highest BCUT2D eigenvalue weighted by Gasteiger charge is 2.21. The first kappa shape index (κ1) is 17.0. The summed E-state index contributed by atoms with van der Waals surface area (Å²) in [6, 6.07) is 12.0. The number of thiophene rings is 1. The Kier molecular flexibility index (Phi) is 5.88. The van der Waals surface area contributed by atoms with Gasteiger partial charge in [0.25, 0.3) is 5.91 Å². The van der Waals surface area contributed by atoms with Crippen molar-refractivity contribution in [2.75, 3.05) is 26.7 Å². The molecule has 2 heterocycles. The highest BCUT2D eigenvalue weighted by atomic mass is 32.1. The third-order valence-electron chi connectivity index (χ3n) is 4.49. The summed E-state index contributed by atoms with van der Waals surface area (Å²) < 4.78 is 5.45. The SMILES string of the molecule is COc1ccccc1CN1CCC[C@H](CNC(=O)c2cccs2)C1. The Balaban J connectivity index is 1.52. The van der Waals surface area contributed by atoms with Crippen LogP contribution in [0.3, 0.4) is 0 Å². The minimum atomic E-state index is 0.0480. The Morgan fingerprint density at radius 2 is 2.21 bits per heavy atom. The lowest BCUT2D eigenvalue weighted by molar-refractivity contribution is 0.0934. The van der Waals surface area contributed by atoms with Crippen molar-refractivity contribution in [3.05, 3.63) is 52.2 Å². The maximum absolute atomic E-state index is 12.1. The fourth-order valence-corrected chi connectivity index (χ4v) is 3.91. The van der Waals surface area contributed by atoms with Gasteiger partial charge in [0.05, 0.1) is 12.0 Å². The molecule has 0 saturated carbocycles. The number of nitrogens with one attached hydrogen (secondary N) is 1. The molecule has 0 radical (unpaired) electrons. The zero-order chi connectivity index (χ0) is 16.8. The second-order valence-electron chi connectivity index (χ2n) is 6.24. The van der Waals surface area contributed by atoms with Crippen LogP contribution >= 0.6 is 11.3 Å². The molecule has 0 spiro atoms. The van der Waals surface area contributed by atoms with Gasteiger partial charge in [0.1, 0.15) is 5.75 Å². The number of carbonyl (C=O) groups is 1. The second kappa shape index (κ2) is 8.31. The van der Waals surface area contributed by atoms with Crippen LogP contribution in [-0.2, 0) is 6.54 Å². The highest BCUT2D eigenvalue weighted by Crippen LogP contribution is 2.23. The van der Waals surface area contributed by atoms with E-state index >= 15 is 0 Å². The van der Waals surface area contributed by atoms with Gasteiger partial charge in [-0.15, -0.1) is 11.3 Å². The van der Waals surface area contributed by atoms with Crippen LogP contribution in [0.4, 0.5) is 0 Å². The van der Waals surface area contributed by atoms with Gasteiger partial charge in [-0.1, -0.05) is 24.3 Å². The summed E-state index contributed by atoms with van der Waals surface area (Å²) in [6.45, 7) is 3.77. The van der Waals surface area contributed by atoms with Crippen LogP contribution in [0.25, 0.3) is 0 Å². The van der Waals surface area contributed by atoms with E-state index in [1.165, 1.54) is 29.7 Å². The molecule has 1 atom stereocenters. The number of benzene rings is 1. The lowest BCUT2D eigenvalue weighted by Crippen LogP contribution is -2.40. The molecule has 5 heteroatoms. The van der Waals surface area contributed by atoms with E-state index in [1.54, 1.807) is 7.11 Å². The lowest BCUT2D eigenvalue weighted by atomic mass is 9.97. The average molecular weight is 344 g/mol. The maximum atomic E-state index is 12.1. The Morgan fingerprint density at radius 1 is 1.33 bits per heavy atom. The van der Waals surface area contributed by atoms with E-state index in [-0.39, 0.29) is 5.91 Å². The summed E-state index contributed by atoms with van der Waals surface area (Å²) in [7, 11) is 1.72. The largest absolute Gasteiger partial charge is 0.496 e. The quantitative estimate of drug-likeness (QED) is 0.873. The molecule has 24 heavy (non-hydrogen) atoms. The zero-order valence-corrected chi connectivity index (χ0v) is 14.8. The molecular weight excluding hydrogens is 320 g/mol. The number of carbonyl (C=O) groups excluding carboxylic acids is 1. The van der Waals surface area contributed by atoms with Crippen molar-refractivity contribution in [2.45, 2.75) is 19.4 Å². The van der Waals surface area contributed by atoms with Gasteiger partial charge in [-0.25, -0.2) is 0 Å². The van der Waals surface area contributed by atoms with Gasteiger partial charge in [-0.2, -0.15) is 0 Å². The van der Waals surface area contributed by atoms with E-state index in [2.05, 4.69) is 22.3 Å². The average Bonchev–Trinajstić information content (AvgIpc) is 3.15. The molecule has 1 amide bonds. The number of amides is 1. The number of rotatable bonds is 6. The first-order chi connectivity index (χ1) is 11.8. The molecule has 1 N–H and O–H groups in total. The van der Waals surface area contributed by atoms with E-state index in [0.29, 0.717) is 5.92 Å². The predicted molar refractivity (Wildman–Crippen MR) is 97.6 cm³/mol. The number of methoxy groups -OCH3 is 1. The molecule has 0 aliphatic carbocycles. The van der Waals surface area contributed by atoms with Crippen molar-refractivity contribution in [3.63, 3.8) is 0 Å². The number of para-hydroxylation sites is 1. The fraction of sp³-hybridized carbons (Fsp3) is 0.421. The zero-order valence-electron chi connectivity index (χ0n) is 14.0. The molecule has 3 rings (SSSR count). The van der Waals surface area contributed by atoms with Crippen molar-refractivity contribution >= 4 is 17.2 Å². The van der Waals surface area contributed by atoms with Crippen molar-refractivity contribution in [1.82, 2.24) is 10.2 Å². The van der Waals surface area contributed by atoms with E-state index in [9.17, 15) is 4.79 Å². The topological polar surface area (TPSA) is 41.6 Å². The molecule has 1 fully saturated rings. The molecule has 1 saturated heterocycles. The fourth-order valence-electron chi connectivity index (χ4n) is 3.27. The molecule has 2 aromatic rings. The van der Waals surface area contributed by atoms with Crippen molar-refractivity contribution in [1.29, 1.82) is 0 Å². The summed E-state index contributed by atoms with van der Waals surface area (Å²) >= 11 is 1.49. The van der Waals surface area contributed by atoms with Gasteiger partial charge in [-0.3, -0.25) is 9.69 Å². The normalized spacial score (nSPS) is 18.3. The Morgan fingerprint density at radius 3 is 3.00 bits per heavy atom. The van der Waals surface area contributed by atoms with Crippen LogP contribution in [0, 0.1) is 5.92 Å². The summed E-state index contributed by atoms with van der Waals surface area (Å²) in [6.07, 6.45) is 2.35. The van der Waals surface area contributed by atoms with Gasteiger partial charge in [-0.05, 0) is 42.8 Å². The van der Waals surface area contributed by atoms with Gasteiger partial charge in [0.2, 0.25) is 0 Å². The Hall–Kier alpha value is -1.85. The van der Waals surface area contributed by atoms with Gasteiger partial charge >= 0.3 is 0 Å². The van der Waals surface area contributed by atoms with E-state index in [4.69, 9.17) is 4.74 Å². The monoisotopic (exact) mass is 344 g/mol. The number of nitrogens with zero attached hydrogens (tertiary/aromatic N) is 1. The molecular formula is C19H24N2O2S. The molecule has 0 unspecified atom stereocenters.